The molecule has 0 aromatic heterocycles. The van der Waals surface area contributed by atoms with Crippen LogP contribution in [0.25, 0.3) is 0 Å². The van der Waals surface area contributed by atoms with Gasteiger partial charge in [-0.1, -0.05) is 12.1 Å². The summed E-state index contributed by atoms with van der Waals surface area (Å²) >= 11 is 0. The molecule has 2 rings (SSSR count). The average molecular weight is 292 g/mol. The number of aromatic hydroxyl groups is 2. The van der Waals surface area contributed by atoms with Gasteiger partial charge in [0.05, 0.1) is 9.79 Å². The van der Waals surface area contributed by atoms with E-state index in [4.69, 9.17) is 0 Å². The summed E-state index contributed by atoms with van der Waals surface area (Å²) in [7, 11) is -3.78. The van der Waals surface area contributed by atoms with Crippen molar-refractivity contribution >= 4 is 9.84 Å². The smallest absolute Gasteiger partial charge is 0.207 e. The highest BCUT2D eigenvalue weighted by Gasteiger charge is 2.24. The summed E-state index contributed by atoms with van der Waals surface area (Å²) in [6, 6.07) is 7.25. The molecule has 2 aromatic carbocycles. The van der Waals surface area contributed by atoms with Gasteiger partial charge in [0.25, 0.3) is 0 Å². The van der Waals surface area contributed by atoms with E-state index >= 15 is 0 Å². The minimum Gasteiger partial charge on any atom is -0.508 e. The summed E-state index contributed by atoms with van der Waals surface area (Å²) in [6.07, 6.45) is 0. The van der Waals surface area contributed by atoms with Crippen LogP contribution in [0.1, 0.15) is 16.7 Å². The molecule has 0 bridgehead atoms. The van der Waals surface area contributed by atoms with Crippen molar-refractivity contribution in [1.29, 1.82) is 0 Å². The zero-order chi connectivity index (χ0) is 15.1. The molecule has 0 unspecified atom stereocenters. The second kappa shape index (κ2) is 4.83. The molecule has 5 heteroatoms. The van der Waals surface area contributed by atoms with Gasteiger partial charge in [-0.25, -0.2) is 8.42 Å². The van der Waals surface area contributed by atoms with E-state index in [1.54, 1.807) is 26.8 Å². The Morgan fingerprint density at radius 1 is 0.850 bits per heavy atom. The number of rotatable bonds is 2. The Hall–Kier alpha value is -2.01. The Kier molecular flexibility index (Phi) is 3.48. The first-order valence-electron chi connectivity index (χ1n) is 6.09. The molecule has 0 fully saturated rings. The molecule has 0 spiro atoms. The van der Waals surface area contributed by atoms with Gasteiger partial charge in [-0.05, 0) is 50.1 Å². The fraction of sp³-hybridized carbons (Fsp3) is 0.200. The molecule has 106 valence electrons. The second-order valence-corrected chi connectivity index (χ2v) is 6.69. The van der Waals surface area contributed by atoms with Gasteiger partial charge < -0.3 is 10.2 Å². The van der Waals surface area contributed by atoms with Gasteiger partial charge in [0.15, 0.2) is 0 Å². The molecule has 0 saturated carbocycles. The van der Waals surface area contributed by atoms with Gasteiger partial charge in [0.1, 0.15) is 11.5 Å². The largest absolute Gasteiger partial charge is 0.508 e. The first-order valence-corrected chi connectivity index (χ1v) is 7.57. The number of phenols is 2. The summed E-state index contributed by atoms with van der Waals surface area (Å²) in [4.78, 5) is 0.0955. The van der Waals surface area contributed by atoms with Crippen LogP contribution in [0.2, 0.25) is 0 Å². The Bertz CT molecular complexity index is 777. The molecule has 0 radical (unpaired) electrons. The van der Waals surface area contributed by atoms with Crippen molar-refractivity contribution < 1.29 is 18.6 Å². The van der Waals surface area contributed by atoms with E-state index in [2.05, 4.69) is 0 Å². The molecule has 2 N–H and O–H groups in total. The summed E-state index contributed by atoms with van der Waals surface area (Å²) in [5.74, 6) is -0.132. The lowest BCUT2D eigenvalue weighted by atomic mass is 10.1. The third-order valence-electron chi connectivity index (χ3n) is 3.33. The van der Waals surface area contributed by atoms with E-state index in [1.165, 1.54) is 24.3 Å². The molecule has 0 atom stereocenters. The second-order valence-electron chi connectivity index (χ2n) is 4.81. The minimum absolute atomic E-state index is 0.0452. The monoisotopic (exact) mass is 292 g/mol. The van der Waals surface area contributed by atoms with Crippen molar-refractivity contribution in [3.63, 3.8) is 0 Å². The quantitative estimate of drug-likeness (QED) is 0.892. The van der Waals surface area contributed by atoms with Gasteiger partial charge in [-0.15, -0.1) is 0 Å². The number of sulfone groups is 1. The highest BCUT2D eigenvalue weighted by atomic mass is 32.2. The zero-order valence-corrected chi connectivity index (χ0v) is 12.3. The molecule has 0 aliphatic heterocycles. The van der Waals surface area contributed by atoms with Crippen LogP contribution >= 0.6 is 0 Å². The first kappa shape index (κ1) is 14.4. The van der Waals surface area contributed by atoms with E-state index < -0.39 is 9.84 Å². The summed E-state index contributed by atoms with van der Waals surface area (Å²) in [5, 5.41) is 19.4. The lowest BCUT2D eigenvalue weighted by Crippen LogP contribution is -2.06. The lowest BCUT2D eigenvalue weighted by Gasteiger charge is -2.12. The van der Waals surface area contributed by atoms with E-state index in [1.807, 2.05) is 0 Å². The maximum absolute atomic E-state index is 12.7. The summed E-state index contributed by atoms with van der Waals surface area (Å²) < 4.78 is 25.3. The van der Waals surface area contributed by atoms with Crippen molar-refractivity contribution in [2.24, 2.45) is 0 Å². The fourth-order valence-electron chi connectivity index (χ4n) is 2.12. The standard InChI is InChI=1S/C15H16O4S/c1-9-7-10(2)15(8-13(9)17)20(18,19)14-6-4-5-12(16)11(14)3/h4-8,16-17H,1-3H3. The predicted molar refractivity (Wildman–Crippen MR) is 75.9 cm³/mol. The van der Waals surface area contributed by atoms with Crippen LogP contribution in [-0.2, 0) is 9.84 Å². The molecule has 0 aliphatic carbocycles. The Morgan fingerprint density at radius 2 is 1.50 bits per heavy atom. The van der Waals surface area contributed by atoms with Crippen molar-refractivity contribution in [2.75, 3.05) is 0 Å². The minimum atomic E-state index is -3.78. The lowest BCUT2D eigenvalue weighted by molar-refractivity contribution is 0.467. The highest BCUT2D eigenvalue weighted by molar-refractivity contribution is 7.91. The Labute approximate surface area is 118 Å². The molecule has 0 heterocycles. The van der Waals surface area contributed by atoms with Crippen molar-refractivity contribution in [1.82, 2.24) is 0 Å². The zero-order valence-electron chi connectivity index (χ0n) is 11.5. The van der Waals surface area contributed by atoms with Crippen LogP contribution < -0.4 is 0 Å². The van der Waals surface area contributed by atoms with Gasteiger partial charge in [0.2, 0.25) is 9.84 Å². The summed E-state index contributed by atoms with van der Waals surface area (Å²) in [5.41, 5.74) is 1.48. The molecule has 20 heavy (non-hydrogen) atoms. The fourth-order valence-corrected chi connectivity index (χ4v) is 3.88. The highest BCUT2D eigenvalue weighted by Crippen LogP contribution is 2.33. The molecule has 0 amide bonds. The normalized spacial score (nSPS) is 11.6. The SMILES string of the molecule is Cc1cc(C)c(S(=O)(=O)c2cccc(O)c2C)cc1O. The molecule has 0 saturated heterocycles. The molecular formula is C15H16O4S. The number of hydrogen-bond donors (Lipinski definition) is 2. The molecular weight excluding hydrogens is 276 g/mol. The number of phenolic OH excluding ortho intramolecular Hbond substituents is 2. The van der Waals surface area contributed by atoms with Crippen LogP contribution in [0.4, 0.5) is 0 Å². The average Bonchev–Trinajstić information content (AvgIpc) is 2.36. The topological polar surface area (TPSA) is 74.6 Å². The van der Waals surface area contributed by atoms with Crippen LogP contribution in [0, 0.1) is 20.8 Å². The number of aryl methyl sites for hydroxylation is 2. The van der Waals surface area contributed by atoms with Crippen molar-refractivity contribution in [2.45, 2.75) is 30.6 Å². The molecule has 4 nitrogen and oxygen atoms in total. The van der Waals surface area contributed by atoms with Gasteiger partial charge >= 0.3 is 0 Å². The third-order valence-corrected chi connectivity index (χ3v) is 5.37. The predicted octanol–water partition coefficient (Wildman–Crippen LogP) is 2.86. The van der Waals surface area contributed by atoms with E-state index in [-0.39, 0.29) is 21.3 Å². The maximum Gasteiger partial charge on any atom is 0.207 e. The van der Waals surface area contributed by atoms with Gasteiger partial charge in [-0.2, -0.15) is 0 Å². The summed E-state index contributed by atoms with van der Waals surface area (Å²) in [6.45, 7) is 4.93. The van der Waals surface area contributed by atoms with E-state index in [0.717, 1.165) is 0 Å². The Balaban J connectivity index is 2.74. The third kappa shape index (κ3) is 2.25. The molecule has 0 aliphatic rings. The van der Waals surface area contributed by atoms with Gasteiger partial charge in [-0.3, -0.25) is 0 Å². The maximum atomic E-state index is 12.7. The van der Waals surface area contributed by atoms with E-state index in [9.17, 15) is 18.6 Å². The first-order chi connectivity index (χ1) is 9.25. The van der Waals surface area contributed by atoms with Crippen LogP contribution in [0.15, 0.2) is 40.1 Å². The molecule has 2 aromatic rings. The van der Waals surface area contributed by atoms with Crippen LogP contribution in [0.5, 0.6) is 11.5 Å². The Morgan fingerprint density at radius 3 is 2.15 bits per heavy atom. The van der Waals surface area contributed by atoms with Crippen molar-refractivity contribution in [3.8, 4) is 11.5 Å². The van der Waals surface area contributed by atoms with Crippen LogP contribution in [0.3, 0.4) is 0 Å². The van der Waals surface area contributed by atoms with Gasteiger partial charge in [0, 0.05) is 5.56 Å². The van der Waals surface area contributed by atoms with Crippen LogP contribution in [-0.4, -0.2) is 18.6 Å². The van der Waals surface area contributed by atoms with E-state index in [0.29, 0.717) is 16.7 Å². The number of benzene rings is 2. The number of hydrogen-bond acceptors (Lipinski definition) is 4. The van der Waals surface area contributed by atoms with Crippen molar-refractivity contribution in [3.05, 3.63) is 47.0 Å².